The standard InChI is InChI=1S/C19H31N3O4/c1-12-10-16-17(13(2)26-12)21-22(8-9-25-3)18(16)19(24)20-11-14-4-6-15(23)7-5-14/h12-15,23H,4-11H2,1-3H3,(H,20,24)/t12-,13+,14?,15?/m0/s1. The number of aliphatic hydroxyl groups excluding tert-OH is 1. The highest BCUT2D eigenvalue weighted by Crippen LogP contribution is 2.31. The van der Waals surface area contributed by atoms with Crippen molar-refractivity contribution >= 4 is 5.91 Å². The molecule has 0 saturated heterocycles. The van der Waals surface area contributed by atoms with Crippen LogP contribution in [-0.2, 0) is 22.4 Å². The summed E-state index contributed by atoms with van der Waals surface area (Å²) in [5.74, 6) is 0.372. The van der Waals surface area contributed by atoms with E-state index in [9.17, 15) is 9.90 Å². The van der Waals surface area contributed by atoms with E-state index >= 15 is 0 Å². The molecule has 0 spiro atoms. The van der Waals surface area contributed by atoms with Crippen molar-refractivity contribution in [1.82, 2.24) is 15.1 Å². The van der Waals surface area contributed by atoms with Crippen LogP contribution < -0.4 is 5.32 Å². The fourth-order valence-electron chi connectivity index (χ4n) is 4.06. The van der Waals surface area contributed by atoms with Crippen LogP contribution in [0.25, 0.3) is 0 Å². The van der Waals surface area contributed by atoms with Crippen molar-refractivity contribution in [3.63, 3.8) is 0 Å². The van der Waals surface area contributed by atoms with Crippen molar-refractivity contribution in [2.75, 3.05) is 20.3 Å². The molecule has 1 amide bonds. The van der Waals surface area contributed by atoms with Crippen molar-refractivity contribution in [2.45, 2.75) is 70.8 Å². The lowest BCUT2D eigenvalue weighted by molar-refractivity contribution is -0.00716. The summed E-state index contributed by atoms with van der Waals surface area (Å²) in [5.41, 5.74) is 2.52. The fraction of sp³-hybridized carbons (Fsp3) is 0.789. The van der Waals surface area contributed by atoms with Gasteiger partial charge in [-0.05, 0) is 45.4 Å². The first-order chi connectivity index (χ1) is 12.5. The predicted octanol–water partition coefficient (Wildman–Crippen LogP) is 1.83. The van der Waals surface area contributed by atoms with Crippen LogP contribution in [0.3, 0.4) is 0 Å². The topological polar surface area (TPSA) is 85.6 Å². The van der Waals surface area contributed by atoms with Crippen molar-refractivity contribution in [2.24, 2.45) is 5.92 Å². The molecule has 7 heteroatoms. The largest absolute Gasteiger partial charge is 0.393 e. The molecule has 0 bridgehead atoms. The lowest BCUT2D eigenvalue weighted by Crippen LogP contribution is -2.34. The number of aromatic nitrogens is 2. The van der Waals surface area contributed by atoms with Gasteiger partial charge in [-0.1, -0.05) is 0 Å². The van der Waals surface area contributed by atoms with Crippen LogP contribution in [0.4, 0.5) is 0 Å². The van der Waals surface area contributed by atoms with Gasteiger partial charge in [-0.2, -0.15) is 5.10 Å². The predicted molar refractivity (Wildman–Crippen MR) is 97.1 cm³/mol. The highest BCUT2D eigenvalue weighted by Gasteiger charge is 2.32. The van der Waals surface area contributed by atoms with E-state index in [0.29, 0.717) is 37.7 Å². The van der Waals surface area contributed by atoms with E-state index in [0.717, 1.165) is 36.9 Å². The van der Waals surface area contributed by atoms with E-state index in [-0.39, 0.29) is 24.2 Å². The number of carbonyl (C=O) groups is 1. The Balaban J connectivity index is 1.74. The zero-order valence-corrected chi connectivity index (χ0v) is 16.0. The molecular formula is C19H31N3O4. The third-order valence-electron chi connectivity index (χ3n) is 5.48. The first-order valence-electron chi connectivity index (χ1n) is 9.69. The van der Waals surface area contributed by atoms with Crippen molar-refractivity contribution in [3.8, 4) is 0 Å². The third-order valence-corrected chi connectivity index (χ3v) is 5.48. The Morgan fingerprint density at radius 2 is 2.08 bits per heavy atom. The maximum absolute atomic E-state index is 13.0. The van der Waals surface area contributed by atoms with Gasteiger partial charge in [-0.15, -0.1) is 0 Å². The minimum absolute atomic E-state index is 0.0673. The smallest absolute Gasteiger partial charge is 0.269 e. The number of nitrogens with zero attached hydrogens (tertiary/aromatic N) is 2. The molecule has 2 N–H and O–H groups in total. The molecule has 0 radical (unpaired) electrons. The molecule has 0 unspecified atom stereocenters. The summed E-state index contributed by atoms with van der Waals surface area (Å²) in [6, 6.07) is 0. The zero-order valence-electron chi connectivity index (χ0n) is 16.0. The van der Waals surface area contributed by atoms with E-state index in [4.69, 9.17) is 9.47 Å². The number of methoxy groups -OCH3 is 1. The van der Waals surface area contributed by atoms with Crippen LogP contribution in [0.5, 0.6) is 0 Å². The maximum atomic E-state index is 13.0. The Hall–Kier alpha value is -1.44. The normalized spacial score (nSPS) is 28.6. The molecule has 2 atom stereocenters. The molecular weight excluding hydrogens is 334 g/mol. The summed E-state index contributed by atoms with van der Waals surface area (Å²) >= 11 is 0. The van der Waals surface area contributed by atoms with Gasteiger partial charge in [0.15, 0.2) is 0 Å². The number of hydrogen-bond acceptors (Lipinski definition) is 5. The summed E-state index contributed by atoms with van der Waals surface area (Å²) in [4.78, 5) is 13.0. The lowest BCUT2D eigenvalue weighted by atomic mass is 9.87. The average molecular weight is 365 g/mol. The van der Waals surface area contributed by atoms with E-state index in [2.05, 4.69) is 10.4 Å². The number of rotatable bonds is 6. The number of fused-ring (bicyclic) bond motifs is 1. The molecule has 1 aromatic heterocycles. The first-order valence-corrected chi connectivity index (χ1v) is 9.69. The number of carbonyl (C=O) groups excluding carboxylic acids is 1. The highest BCUT2D eigenvalue weighted by molar-refractivity contribution is 5.94. The van der Waals surface area contributed by atoms with Gasteiger partial charge in [-0.3, -0.25) is 9.48 Å². The Morgan fingerprint density at radius 3 is 2.77 bits per heavy atom. The second-order valence-electron chi connectivity index (χ2n) is 7.61. The second kappa shape index (κ2) is 8.50. The number of hydrogen-bond donors (Lipinski definition) is 2. The summed E-state index contributed by atoms with van der Waals surface area (Å²) < 4.78 is 12.8. The van der Waals surface area contributed by atoms with Crippen LogP contribution in [0.1, 0.15) is 67.4 Å². The van der Waals surface area contributed by atoms with Gasteiger partial charge < -0.3 is 19.9 Å². The van der Waals surface area contributed by atoms with Gasteiger partial charge >= 0.3 is 0 Å². The minimum atomic E-state index is -0.174. The van der Waals surface area contributed by atoms with Gasteiger partial charge in [0.2, 0.25) is 0 Å². The first kappa shape index (κ1) is 19.3. The molecule has 1 aliphatic carbocycles. The quantitative estimate of drug-likeness (QED) is 0.803. The van der Waals surface area contributed by atoms with E-state index in [1.54, 1.807) is 11.8 Å². The molecule has 7 nitrogen and oxygen atoms in total. The van der Waals surface area contributed by atoms with E-state index in [1.165, 1.54) is 0 Å². The summed E-state index contributed by atoms with van der Waals surface area (Å²) in [5, 5.41) is 17.4. The van der Waals surface area contributed by atoms with Gasteiger partial charge in [-0.25, -0.2) is 0 Å². The molecule has 0 aromatic carbocycles. The molecule has 26 heavy (non-hydrogen) atoms. The number of ether oxygens (including phenoxy) is 2. The van der Waals surface area contributed by atoms with Gasteiger partial charge in [0, 0.05) is 25.6 Å². The fourth-order valence-corrected chi connectivity index (χ4v) is 4.06. The van der Waals surface area contributed by atoms with Crippen molar-refractivity contribution in [1.29, 1.82) is 0 Å². The SMILES string of the molecule is COCCn1nc2c(c1C(=O)NCC1CCC(O)CC1)C[C@H](C)O[C@@H]2C. The van der Waals surface area contributed by atoms with Crippen molar-refractivity contribution in [3.05, 3.63) is 17.0 Å². The highest BCUT2D eigenvalue weighted by atomic mass is 16.5. The Kier molecular flexibility index (Phi) is 6.32. The minimum Gasteiger partial charge on any atom is -0.393 e. The van der Waals surface area contributed by atoms with Gasteiger partial charge in [0.1, 0.15) is 5.69 Å². The van der Waals surface area contributed by atoms with Crippen LogP contribution >= 0.6 is 0 Å². The monoisotopic (exact) mass is 365 g/mol. The van der Waals surface area contributed by atoms with Crippen LogP contribution in [0, 0.1) is 5.92 Å². The Morgan fingerprint density at radius 1 is 1.35 bits per heavy atom. The summed E-state index contributed by atoms with van der Waals surface area (Å²) in [6.45, 7) is 5.71. The molecule has 2 heterocycles. The molecule has 1 aromatic rings. The van der Waals surface area contributed by atoms with E-state index in [1.807, 2.05) is 13.8 Å². The molecule has 1 saturated carbocycles. The molecule has 1 fully saturated rings. The van der Waals surface area contributed by atoms with Crippen LogP contribution in [0.15, 0.2) is 0 Å². The number of nitrogens with one attached hydrogen (secondary N) is 1. The van der Waals surface area contributed by atoms with Crippen LogP contribution in [-0.4, -0.2) is 53.3 Å². The summed E-state index contributed by atoms with van der Waals surface area (Å²) in [7, 11) is 1.65. The molecule has 1 aliphatic heterocycles. The molecule has 3 rings (SSSR count). The van der Waals surface area contributed by atoms with Gasteiger partial charge in [0.05, 0.1) is 37.2 Å². The summed E-state index contributed by atoms with van der Waals surface area (Å²) in [6.07, 6.45) is 4.07. The number of aliphatic hydroxyl groups is 1. The maximum Gasteiger partial charge on any atom is 0.269 e. The lowest BCUT2D eigenvalue weighted by Gasteiger charge is -2.26. The zero-order chi connectivity index (χ0) is 18.7. The third kappa shape index (κ3) is 4.27. The Labute approximate surface area is 155 Å². The van der Waals surface area contributed by atoms with E-state index < -0.39 is 0 Å². The van der Waals surface area contributed by atoms with Gasteiger partial charge in [0.25, 0.3) is 5.91 Å². The number of amides is 1. The molecule has 146 valence electrons. The van der Waals surface area contributed by atoms with Crippen LogP contribution in [0.2, 0.25) is 0 Å². The van der Waals surface area contributed by atoms with Crippen molar-refractivity contribution < 1.29 is 19.4 Å². The Bertz CT molecular complexity index is 623. The molecule has 2 aliphatic rings. The average Bonchev–Trinajstić information content (AvgIpc) is 2.98. The second-order valence-corrected chi connectivity index (χ2v) is 7.61.